The van der Waals surface area contributed by atoms with Gasteiger partial charge in [0.05, 0.1) is 7.85 Å². The minimum absolute atomic E-state index is 0.0757. The molecule has 0 aromatic rings. The highest BCUT2D eigenvalue weighted by molar-refractivity contribution is 6.14. The third-order valence-electron chi connectivity index (χ3n) is 4.84. The van der Waals surface area contributed by atoms with E-state index >= 15 is 0 Å². The molecule has 2 aliphatic heterocycles. The maximum atomic E-state index is 6.35. The van der Waals surface area contributed by atoms with Crippen molar-refractivity contribution in [3.05, 3.63) is 0 Å². The molecule has 0 aliphatic carbocycles. The van der Waals surface area contributed by atoms with Gasteiger partial charge in [0.1, 0.15) is 0 Å². The van der Waals surface area contributed by atoms with Gasteiger partial charge in [-0.25, -0.2) is 0 Å². The van der Waals surface area contributed by atoms with Gasteiger partial charge in [0.2, 0.25) is 0 Å². The predicted octanol–water partition coefficient (Wildman–Crippen LogP) is 2.69. The number of rotatable bonds is 1. The van der Waals surface area contributed by atoms with E-state index < -0.39 is 0 Å². The first-order valence-corrected chi connectivity index (χ1v) is 7.75. The number of fused-ring (bicyclic) bond motifs is 1. The molecule has 2 fully saturated rings. The van der Waals surface area contributed by atoms with E-state index in [1.165, 1.54) is 58.3 Å². The lowest BCUT2D eigenvalue weighted by molar-refractivity contribution is 0.0521. The lowest BCUT2D eigenvalue weighted by Crippen LogP contribution is -2.54. The SMILES string of the molecule is [B]C1(C)CCCC2CN(C(C)C)CCN2CCC1. The van der Waals surface area contributed by atoms with E-state index in [9.17, 15) is 0 Å². The van der Waals surface area contributed by atoms with Gasteiger partial charge in [-0.3, -0.25) is 9.80 Å². The Bertz CT molecular complexity index is 265. The first-order valence-electron chi connectivity index (χ1n) is 7.75. The average molecular weight is 248 g/mol. The van der Waals surface area contributed by atoms with Crippen molar-refractivity contribution in [3.8, 4) is 0 Å². The summed E-state index contributed by atoms with van der Waals surface area (Å²) in [5.41, 5.74) is 0. The Balaban J connectivity index is 1.95. The zero-order valence-electron chi connectivity index (χ0n) is 12.5. The number of hydrogen-bond donors (Lipinski definition) is 0. The van der Waals surface area contributed by atoms with Gasteiger partial charge in [0.15, 0.2) is 0 Å². The molecule has 0 bridgehead atoms. The van der Waals surface area contributed by atoms with Crippen molar-refractivity contribution >= 4 is 7.85 Å². The Morgan fingerprint density at radius 2 is 1.83 bits per heavy atom. The molecule has 0 amide bonds. The predicted molar refractivity (Wildman–Crippen MR) is 79.3 cm³/mol. The molecule has 2 heterocycles. The molecule has 2 rings (SSSR count). The summed E-state index contributed by atoms with van der Waals surface area (Å²) in [7, 11) is 6.35. The summed E-state index contributed by atoms with van der Waals surface area (Å²) >= 11 is 0. The molecule has 0 saturated carbocycles. The fourth-order valence-electron chi connectivity index (χ4n) is 3.51. The summed E-state index contributed by atoms with van der Waals surface area (Å²) in [6.45, 7) is 11.9. The largest absolute Gasteiger partial charge is 0.298 e. The number of nitrogens with zero attached hydrogens (tertiary/aromatic N) is 2. The van der Waals surface area contributed by atoms with Crippen LogP contribution in [0.15, 0.2) is 0 Å². The quantitative estimate of drug-likeness (QED) is 0.658. The summed E-state index contributed by atoms with van der Waals surface area (Å²) in [6.07, 6.45) is 6.27. The minimum Gasteiger partial charge on any atom is -0.298 e. The molecule has 2 unspecified atom stereocenters. The summed E-state index contributed by atoms with van der Waals surface area (Å²) in [6, 6.07) is 1.47. The zero-order valence-corrected chi connectivity index (χ0v) is 12.5. The fraction of sp³-hybridized carbons (Fsp3) is 1.00. The summed E-state index contributed by atoms with van der Waals surface area (Å²) in [5.74, 6) is 0. The van der Waals surface area contributed by atoms with Gasteiger partial charge in [-0.1, -0.05) is 31.5 Å². The third-order valence-corrected chi connectivity index (χ3v) is 4.84. The van der Waals surface area contributed by atoms with Crippen molar-refractivity contribution in [1.82, 2.24) is 9.80 Å². The van der Waals surface area contributed by atoms with Crippen molar-refractivity contribution in [2.45, 2.75) is 70.3 Å². The van der Waals surface area contributed by atoms with Crippen LogP contribution in [0.1, 0.15) is 52.9 Å². The summed E-state index contributed by atoms with van der Waals surface area (Å²) in [5, 5.41) is 0.0757. The molecule has 0 aromatic heterocycles. The van der Waals surface area contributed by atoms with E-state index in [2.05, 4.69) is 30.6 Å². The molecular formula is C15H29BN2. The molecular weight excluding hydrogens is 219 g/mol. The van der Waals surface area contributed by atoms with Crippen LogP contribution in [-0.2, 0) is 0 Å². The molecule has 18 heavy (non-hydrogen) atoms. The van der Waals surface area contributed by atoms with Crippen LogP contribution in [0.3, 0.4) is 0 Å². The van der Waals surface area contributed by atoms with Crippen molar-refractivity contribution in [3.63, 3.8) is 0 Å². The van der Waals surface area contributed by atoms with Crippen LogP contribution in [0.5, 0.6) is 0 Å². The molecule has 2 saturated heterocycles. The number of hydrogen-bond acceptors (Lipinski definition) is 2. The molecule has 2 nitrogen and oxygen atoms in total. The second kappa shape index (κ2) is 5.96. The van der Waals surface area contributed by atoms with Crippen LogP contribution < -0.4 is 0 Å². The Morgan fingerprint density at radius 3 is 2.56 bits per heavy atom. The van der Waals surface area contributed by atoms with Crippen LogP contribution in [0, 0.1) is 0 Å². The van der Waals surface area contributed by atoms with Gasteiger partial charge in [0.25, 0.3) is 0 Å². The zero-order chi connectivity index (χ0) is 13.2. The second-order valence-electron chi connectivity index (χ2n) is 6.93. The molecule has 3 heteroatoms. The first-order chi connectivity index (χ1) is 8.48. The normalized spacial score (nSPS) is 36.8. The molecule has 2 radical (unpaired) electrons. The minimum atomic E-state index is 0.0757. The van der Waals surface area contributed by atoms with Gasteiger partial charge in [-0.05, 0) is 33.2 Å². The Kier molecular flexibility index (Phi) is 4.77. The maximum absolute atomic E-state index is 6.35. The second-order valence-corrected chi connectivity index (χ2v) is 6.93. The topological polar surface area (TPSA) is 6.48 Å². The molecule has 0 N–H and O–H groups in total. The van der Waals surface area contributed by atoms with Crippen LogP contribution in [0.4, 0.5) is 0 Å². The smallest absolute Gasteiger partial charge is 0.0742 e. The standard InChI is InChI=1S/C15H29BN2/c1-13(2)18-11-10-17-9-5-8-15(3,16)7-4-6-14(17)12-18/h13-14H,4-12H2,1-3H3. The van der Waals surface area contributed by atoms with Gasteiger partial charge in [-0.15, -0.1) is 0 Å². The van der Waals surface area contributed by atoms with E-state index in [4.69, 9.17) is 7.85 Å². The molecule has 2 aliphatic rings. The molecule has 102 valence electrons. The third kappa shape index (κ3) is 3.74. The van der Waals surface area contributed by atoms with Crippen molar-refractivity contribution in [1.29, 1.82) is 0 Å². The monoisotopic (exact) mass is 248 g/mol. The Hall–Kier alpha value is -0.0151. The van der Waals surface area contributed by atoms with E-state index in [1.807, 2.05) is 0 Å². The van der Waals surface area contributed by atoms with E-state index in [0.29, 0.717) is 6.04 Å². The first kappa shape index (κ1) is 14.4. The van der Waals surface area contributed by atoms with Crippen molar-refractivity contribution in [2.24, 2.45) is 0 Å². The molecule has 0 spiro atoms. The highest BCUT2D eigenvalue weighted by Crippen LogP contribution is 2.35. The lowest BCUT2D eigenvalue weighted by Gasteiger charge is -2.43. The highest BCUT2D eigenvalue weighted by Gasteiger charge is 2.29. The molecule has 0 aromatic carbocycles. The van der Waals surface area contributed by atoms with E-state index in [0.717, 1.165) is 6.04 Å². The van der Waals surface area contributed by atoms with Crippen LogP contribution in [0.2, 0.25) is 5.31 Å². The van der Waals surface area contributed by atoms with E-state index in [1.54, 1.807) is 0 Å². The fourth-order valence-corrected chi connectivity index (χ4v) is 3.51. The van der Waals surface area contributed by atoms with Crippen molar-refractivity contribution in [2.75, 3.05) is 26.2 Å². The maximum Gasteiger partial charge on any atom is 0.0742 e. The van der Waals surface area contributed by atoms with Gasteiger partial charge >= 0.3 is 0 Å². The molecule has 2 atom stereocenters. The Morgan fingerprint density at radius 1 is 1.11 bits per heavy atom. The van der Waals surface area contributed by atoms with Gasteiger partial charge < -0.3 is 0 Å². The Labute approximate surface area is 115 Å². The van der Waals surface area contributed by atoms with Crippen LogP contribution in [-0.4, -0.2) is 55.9 Å². The average Bonchev–Trinajstić information content (AvgIpc) is 2.36. The summed E-state index contributed by atoms with van der Waals surface area (Å²) < 4.78 is 0. The van der Waals surface area contributed by atoms with Gasteiger partial charge in [0, 0.05) is 31.7 Å². The van der Waals surface area contributed by atoms with Crippen LogP contribution in [0.25, 0.3) is 0 Å². The van der Waals surface area contributed by atoms with Crippen LogP contribution >= 0.6 is 0 Å². The van der Waals surface area contributed by atoms with E-state index in [-0.39, 0.29) is 5.31 Å². The number of piperazine rings is 1. The van der Waals surface area contributed by atoms with Gasteiger partial charge in [-0.2, -0.15) is 0 Å². The summed E-state index contributed by atoms with van der Waals surface area (Å²) in [4.78, 5) is 5.36. The highest BCUT2D eigenvalue weighted by atomic mass is 15.3. The van der Waals surface area contributed by atoms with Crippen molar-refractivity contribution < 1.29 is 0 Å². The lowest BCUT2D eigenvalue weighted by atomic mass is 9.64.